The topological polar surface area (TPSA) is 70.6 Å². The Labute approximate surface area is 151 Å². The molecular weight excluding hydrogens is 342 g/mol. The van der Waals surface area contributed by atoms with Crippen LogP contribution in [0.15, 0.2) is 42.5 Å². The lowest BCUT2D eigenvalue weighted by atomic mass is 10.1. The van der Waals surface area contributed by atoms with E-state index in [4.69, 9.17) is 4.74 Å². The minimum absolute atomic E-state index is 0.122. The molecule has 5 nitrogen and oxygen atoms in total. The lowest BCUT2D eigenvalue weighted by molar-refractivity contribution is -0.125. The van der Waals surface area contributed by atoms with Crippen LogP contribution in [0.2, 0.25) is 0 Å². The van der Waals surface area contributed by atoms with Gasteiger partial charge in [-0.1, -0.05) is 18.2 Å². The largest absolute Gasteiger partial charge is 0.489 e. The highest BCUT2D eigenvalue weighted by Crippen LogP contribution is 2.17. The molecule has 26 heavy (non-hydrogen) atoms. The van der Waals surface area contributed by atoms with Crippen LogP contribution in [0, 0.1) is 11.6 Å². The van der Waals surface area contributed by atoms with E-state index in [1.165, 1.54) is 32.2 Å². The number of hydrogen-bond donors (Lipinski definition) is 3. The van der Waals surface area contributed by atoms with Crippen molar-refractivity contribution in [3.05, 3.63) is 65.2 Å². The lowest BCUT2D eigenvalue weighted by Crippen LogP contribution is -2.49. The van der Waals surface area contributed by atoms with Gasteiger partial charge in [0.25, 0.3) is 0 Å². The van der Waals surface area contributed by atoms with Gasteiger partial charge in [-0.15, -0.1) is 0 Å². The third-order valence-electron chi connectivity index (χ3n) is 3.91. The summed E-state index contributed by atoms with van der Waals surface area (Å²) >= 11 is 0. The van der Waals surface area contributed by atoms with Crippen LogP contribution in [-0.4, -0.2) is 30.2 Å². The Morgan fingerprint density at radius 1 is 1.15 bits per heavy atom. The van der Waals surface area contributed by atoms with E-state index in [0.717, 1.165) is 5.56 Å². The Hall–Kier alpha value is -2.51. The van der Waals surface area contributed by atoms with Crippen molar-refractivity contribution in [2.24, 2.45) is 0 Å². The van der Waals surface area contributed by atoms with Crippen LogP contribution in [0.1, 0.15) is 18.1 Å². The summed E-state index contributed by atoms with van der Waals surface area (Å²) in [5.41, 5.74) is 0.743. The summed E-state index contributed by atoms with van der Waals surface area (Å²) in [6.07, 6.45) is -0.840. The van der Waals surface area contributed by atoms with Crippen LogP contribution in [0.3, 0.4) is 0 Å². The fourth-order valence-corrected chi connectivity index (χ4v) is 2.39. The minimum atomic E-state index is -0.840. The smallest absolute Gasteiger partial charge is 0.239 e. The normalized spacial score (nSPS) is 13.1. The van der Waals surface area contributed by atoms with Crippen LogP contribution in [0.5, 0.6) is 5.75 Å². The second kappa shape index (κ2) is 9.26. The summed E-state index contributed by atoms with van der Waals surface area (Å²) in [5.74, 6) is -1.13. The summed E-state index contributed by atoms with van der Waals surface area (Å²) < 4.78 is 32.6. The zero-order chi connectivity index (χ0) is 19.1. The predicted octanol–water partition coefficient (Wildman–Crippen LogP) is 2.13. The highest BCUT2D eigenvalue weighted by Gasteiger charge is 2.21. The maximum absolute atomic E-state index is 13.6. The number of carbonyl (C=O) groups excluding carboxylic acids is 1. The highest BCUT2D eigenvalue weighted by atomic mass is 19.1. The van der Waals surface area contributed by atoms with Gasteiger partial charge >= 0.3 is 0 Å². The van der Waals surface area contributed by atoms with Crippen molar-refractivity contribution in [2.75, 3.05) is 7.05 Å². The number of rotatable bonds is 8. The molecule has 0 fully saturated rings. The van der Waals surface area contributed by atoms with E-state index in [9.17, 15) is 18.7 Å². The second-order valence-corrected chi connectivity index (χ2v) is 5.85. The molecule has 0 bridgehead atoms. The van der Waals surface area contributed by atoms with E-state index in [1.54, 1.807) is 24.3 Å². The number of ether oxygens (including phenoxy) is 1. The molecule has 0 saturated heterocycles. The molecule has 1 unspecified atom stereocenters. The van der Waals surface area contributed by atoms with Crippen molar-refractivity contribution in [2.45, 2.75) is 32.2 Å². The van der Waals surface area contributed by atoms with Gasteiger partial charge in [0.1, 0.15) is 30.0 Å². The van der Waals surface area contributed by atoms with Crippen LogP contribution >= 0.6 is 0 Å². The fraction of sp³-hybridized carbons (Fsp3) is 0.316. The standard InChI is InChI=1S/C19H22F2N2O3/c1-12(24)18(19(25)22-2)23-10-13-6-8-14(9-7-13)26-11-15-16(20)4-3-5-17(15)21/h3-9,12,18,23-24H,10-11H2,1-2H3,(H,22,25)/t12?,18-/m0/s1. The summed E-state index contributed by atoms with van der Waals surface area (Å²) in [6.45, 7) is 1.69. The molecule has 0 aliphatic rings. The summed E-state index contributed by atoms with van der Waals surface area (Å²) in [6, 6.07) is 9.82. The molecule has 2 aromatic carbocycles. The maximum Gasteiger partial charge on any atom is 0.239 e. The highest BCUT2D eigenvalue weighted by molar-refractivity contribution is 5.82. The Morgan fingerprint density at radius 3 is 2.31 bits per heavy atom. The van der Waals surface area contributed by atoms with Crippen molar-refractivity contribution < 1.29 is 23.4 Å². The quantitative estimate of drug-likeness (QED) is 0.671. The summed E-state index contributed by atoms with van der Waals surface area (Å²) in [4.78, 5) is 11.7. The van der Waals surface area contributed by atoms with Crippen LogP contribution < -0.4 is 15.4 Å². The molecule has 2 atom stereocenters. The first-order valence-electron chi connectivity index (χ1n) is 8.20. The molecule has 2 rings (SSSR count). The minimum Gasteiger partial charge on any atom is -0.489 e. The molecule has 0 aliphatic carbocycles. The summed E-state index contributed by atoms with van der Waals surface area (Å²) in [7, 11) is 1.50. The van der Waals surface area contributed by atoms with E-state index < -0.39 is 23.8 Å². The first kappa shape index (κ1) is 19.8. The van der Waals surface area contributed by atoms with Gasteiger partial charge in [-0.2, -0.15) is 0 Å². The van der Waals surface area contributed by atoms with Gasteiger partial charge in [-0.3, -0.25) is 10.1 Å². The van der Waals surface area contributed by atoms with Crippen LogP contribution in [0.25, 0.3) is 0 Å². The number of amides is 1. The van der Waals surface area contributed by atoms with E-state index in [1.807, 2.05) is 0 Å². The number of likely N-dealkylation sites (N-methyl/N-ethyl adjacent to an activating group) is 1. The zero-order valence-corrected chi connectivity index (χ0v) is 14.6. The molecule has 7 heteroatoms. The molecule has 140 valence electrons. The van der Waals surface area contributed by atoms with Crippen molar-refractivity contribution >= 4 is 5.91 Å². The maximum atomic E-state index is 13.6. The first-order chi connectivity index (χ1) is 12.4. The number of aliphatic hydroxyl groups excluding tert-OH is 1. The lowest BCUT2D eigenvalue weighted by Gasteiger charge is -2.20. The number of aliphatic hydroxyl groups is 1. The number of hydrogen-bond acceptors (Lipinski definition) is 4. The molecule has 0 saturated carbocycles. The predicted molar refractivity (Wildman–Crippen MR) is 93.5 cm³/mol. The molecule has 3 N–H and O–H groups in total. The average molecular weight is 364 g/mol. The Morgan fingerprint density at radius 2 is 1.77 bits per heavy atom. The van der Waals surface area contributed by atoms with E-state index in [0.29, 0.717) is 12.3 Å². The average Bonchev–Trinajstić information content (AvgIpc) is 2.62. The van der Waals surface area contributed by atoms with Crippen molar-refractivity contribution in [3.8, 4) is 5.75 Å². The van der Waals surface area contributed by atoms with Gasteiger partial charge in [0.2, 0.25) is 5.91 Å². The molecule has 0 heterocycles. The van der Waals surface area contributed by atoms with Gasteiger partial charge < -0.3 is 15.2 Å². The number of halogens is 2. The van der Waals surface area contributed by atoms with Crippen LogP contribution in [-0.2, 0) is 17.9 Å². The fourth-order valence-electron chi connectivity index (χ4n) is 2.39. The van der Waals surface area contributed by atoms with Crippen molar-refractivity contribution in [1.29, 1.82) is 0 Å². The molecule has 0 aliphatic heterocycles. The monoisotopic (exact) mass is 364 g/mol. The van der Waals surface area contributed by atoms with Gasteiger partial charge in [0.15, 0.2) is 0 Å². The van der Waals surface area contributed by atoms with E-state index >= 15 is 0 Å². The molecular formula is C19H22F2N2O3. The van der Waals surface area contributed by atoms with Gasteiger partial charge in [-0.05, 0) is 36.8 Å². The number of nitrogens with one attached hydrogen (secondary N) is 2. The second-order valence-electron chi connectivity index (χ2n) is 5.85. The van der Waals surface area contributed by atoms with E-state index in [2.05, 4.69) is 10.6 Å². The van der Waals surface area contributed by atoms with Crippen LogP contribution in [0.4, 0.5) is 8.78 Å². The Balaban J connectivity index is 1.93. The van der Waals surface area contributed by atoms with Crippen molar-refractivity contribution in [3.63, 3.8) is 0 Å². The molecule has 2 aromatic rings. The van der Waals surface area contributed by atoms with E-state index in [-0.39, 0.29) is 18.1 Å². The molecule has 0 aromatic heterocycles. The number of benzene rings is 2. The number of carbonyl (C=O) groups is 1. The van der Waals surface area contributed by atoms with Gasteiger partial charge in [0, 0.05) is 13.6 Å². The molecule has 0 spiro atoms. The summed E-state index contributed by atoms with van der Waals surface area (Å²) in [5, 5.41) is 15.1. The molecule has 1 amide bonds. The first-order valence-corrected chi connectivity index (χ1v) is 8.20. The van der Waals surface area contributed by atoms with Gasteiger partial charge in [-0.25, -0.2) is 8.78 Å². The Bertz CT molecular complexity index is 716. The Kier molecular flexibility index (Phi) is 7.06. The van der Waals surface area contributed by atoms with Gasteiger partial charge in [0.05, 0.1) is 11.7 Å². The third-order valence-corrected chi connectivity index (χ3v) is 3.91. The zero-order valence-electron chi connectivity index (χ0n) is 14.6. The SMILES string of the molecule is CNC(=O)[C@@H](NCc1ccc(OCc2c(F)cccc2F)cc1)C(C)O. The van der Waals surface area contributed by atoms with Crippen molar-refractivity contribution in [1.82, 2.24) is 10.6 Å². The third kappa shape index (κ3) is 5.24. The molecule has 0 radical (unpaired) electrons.